The van der Waals surface area contributed by atoms with E-state index in [-0.39, 0.29) is 12.0 Å². The van der Waals surface area contributed by atoms with Gasteiger partial charge in [0, 0.05) is 12.6 Å². The summed E-state index contributed by atoms with van der Waals surface area (Å²) in [7, 11) is -1.62. The van der Waals surface area contributed by atoms with Gasteiger partial charge in [-0.2, -0.15) is 0 Å². The van der Waals surface area contributed by atoms with Crippen molar-refractivity contribution in [3.63, 3.8) is 0 Å². The Kier molecular flexibility index (Phi) is 7.43. The average molecular weight is 348 g/mol. The fourth-order valence-corrected chi connectivity index (χ4v) is 4.52. The maximum atomic E-state index is 12.4. The van der Waals surface area contributed by atoms with E-state index in [9.17, 15) is 4.79 Å². The summed E-state index contributed by atoms with van der Waals surface area (Å²) in [4.78, 5) is 12.4. The number of nitrogens with zero attached hydrogens (tertiary/aromatic N) is 1. The molecule has 0 saturated carbocycles. The van der Waals surface area contributed by atoms with E-state index in [2.05, 4.69) is 54.5 Å². The van der Waals surface area contributed by atoms with Crippen LogP contribution in [0.5, 0.6) is 0 Å². The van der Waals surface area contributed by atoms with Crippen molar-refractivity contribution in [3.05, 3.63) is 48.0 Å². The highest BCUT2D eigenvalue weighted by Gasteiger charge is 2.31. The maximum Gasteiger partial charge on any atom is 0.308 e. The molecule has 0 aromatic heterocycles. The zero-order valence-electron chi connectivity index (χ0n) is 16.3. The van der Waals surface area contributed by atoms with Crippen LogP contribution in [0.25, 0.3) is 0 Å². The number of allylic oxidation sites excluding steroid dienone is 1. The van der Waals surface area contributed by atoms with Gasteiger partial charge in [-0.1, -0.05) is 62.1 Å². The summed E-state index contributed by atoms with van der Waals surface area (Å²) in [6.45, 7) is 15.6. The van der Waals surface area contributed by atoms with Crippen molar-refractivity contribution in [1.82, 2.24) is 4.57 Å². The molecule has 134 valence electrons. The standard InChI is InChI=1S/C20H33NO2Si/c1-8-12-18(15-19(22)23-20(2,3)4)21(24(5,6)7)16-17-13-10-9-11-14-17/h8-14,18H,15-16H2,1-7H3/b12-8+/t18-/m0/s1. The minimum atomic E-state index is -1.62. The molecule has 1 rings (SSSR count). The van der Waals surface area contributed by atoms with Crippen LogP contribution in [0, 0.1) is 0 Å². The van der Waals surface area contributed by atoms with E-state index in [0.717, 1.165) is 6.54 Å². The van der Waals surface area contributed by atoms with E-state index in [4.69, 9.17) is 4.74 Å². The summed E-state index contributed by atoms with van der Waals surface area (Å²) in [5, 5.41) is 0. The van der Waals surface area contributed by atoms with Crippen LogP contribution in [0.2, 0.25) is 19.6 Å². The van der Waals surface area contributed by atoms with Crippen molar-refractivity contribution >= 4 is 14.2 Å². The first-order chi connectivity index (χ1) is 11.0. The Hall–Kier alpha value is -1.39. The van der Waals surface area contributed by atoms with Gasteiger partial charge in [-0.3, -0.25) is 4.79 Å². The van der Waals surface area contributed by atoms with Crippen LogP contribution in [-0.4, -0.2) is 30.4 Å². The number of rotatable bonds is 7. The first kappa shape index (κ1) is 20.7. The van der Waals surface area contributed by atoms with E-state index in [1.165, 1.54) is 5.56 Å². The van der Waals surface area contributed by atoms with E-state index >= 15 is 0 Å². The third-order valence-electron chi connectivity index (χ3n) is 3.67. The summed E-state index contributed by atoms with van der Waals surface area (Å²) < 4.78 is 8.04. The third-order valence-corrected chi connectivity index (χ3v) is 5.88. The van der Waals surface area contributed by atoms with Crippen LogP contribution in [0.3, 0.4) is 0 Å². The Morgan fingerprint density at radius 3 is 2.25 bits per heavy atom. The summed E-state index contributed by atoms with van der Waals surface area (Å²) in [5.41, 5.74) is 0.833. The predicted molar refractivity (Wildman–Crippen MR) is 104 cm³/mol. The van der Waals surface area contributed by atoms with Gasteiger partial charge in [0.1, 0.15) is 13.8 Å². The monoisotopic (exact) mass is 347 g/mol. The Bertz CT molecular complexity index is 541. The van der Waals surface area contributed by atoms with Crippen molar-refractivity contribution in [2.75, 3.05) is 0 Å². The molecule has 1 aromatic rings. The number of ether oxygens (including phenoxy) is 1. The maximum absolute atomic E-state index is 12.4. The van der Waals surface area contributed by atoms with Crippen LogP contribution in [0.1, 0.15) is 39.7 Å². The molecule has 0 aliphatic carbocycles. The molecule has 0 unspecified atom stereocenters. The Balaban J connectivity index is 2.99. The second-order valence-electron chi connectivity index (χ2n) is 8.17. The lowest BCUT2D eigenvalue weighted by atomic mass is 10.1. The van der Waals surface area contributed by atoms with Gasteiger partial charge >= 0.3 is 5.97 Å². The molecule has 0 heterocycles. The van der Waals surface area contributed by atoms with Crippen LogP contribution in [0.4, 0.5) is 0 Å². The van der Waals surface area contributed by atoms with E-state index in [0.29, 0.717) is 6.42 Å². The Morgan fingerprint density at radius 2 is 1.79 bits per heavy atom. The van der Waals surface area contributed by atoms with Crippen molar-refractivity contribution in [2.24, 2.45) is 0 Å². The molecular weight excluding hydrogens is 314 g/mol. The van der Waals surface area contributed by atoms with Gasteiger partial charge in [0.25, 0.3) is 0 Å². The van der Waals surface area contributed by atoms with Crippen LogP contribution < -0.4 is 0 Å². The third kappa shape index (κ3) is 7.45. The number of hydrogen-bond acceptors (Lipinski definition) is 3. The molecule has 24 heavy (non-hydrogen) atoms. The Labute approximate surface area is 148 Å². The smallest absolute Gasteiger partial charge is 0.308 e. The van der Waals surface area contributed by atoms with Crippen LogP contribution in [-0.2, 0) is 16.1 Å². The van der Waals surface area contributed by atoms with E-state index < -0.39 is 13.8 Å². The normalized spacial score (nSPS) is 14.2. The highest BCUT2D eigenvalue weighted by atomic mass is 28.3. The fourth-order valence-electron chi connectivity index (χ4n) is 2.69. The first-order valence-corrected chi connectivity index (χ1v) is 12.1. The summed E-state index contributed by atoms with van der Waals surface area (Å²) in [5.74, 6) is -0.137. The van der Waals surface area contributed by atoms with E-state index in [1.807, 2.05) is 39.8 Å². The first-order valence-electron chi connectivity index (χ1n) is 8.68. The molecule has 0 amide bonds. The highest BCUT2D eigenvalue weighted by Crippen LogP contribution is 2.22. The minimum absolute atomic E-state index is 0.0664. The van der Waals surface area contributed by atoms with Gasteiger partial charge in [-0.25, -0.2) is 0 Å². The van der Waals surface area contributed by atoms with Gasteiger partial charge in [0.15, 0.2) is 0 Å². The predicted octanol–water partition coefficient (Wildman–Crippen LogP) is 5.00. The van der Waals surface area contributed by atoms with Crippen molar-refractivity contribution in [3.8, 4) is 0 Å². The molecular formula is C20H33NO2Si. The molecule has 4 heteroatoms. The van der Waals surface area contributed by atoms with Gasteiger partial charge in [-0.05, 0) is 33.3 Å². The van der Waals surface area contributed by atoms with Gasteiger partial charge in [0.2, 0.25) is 0 Å². The second kappa shape index (κ2) is 8.63. The average Bonchev–Trinajstić information content (AvgIpc) is 2.42. The molecule has 0 N–H and O–H groups in total. The summed E-state index contributed by atoms with van der Waals surface area (Å²) in [6, 6.07) is 10.5. The topological polar surface area (TPSA) is 29.5 Å². The molecule has 0 saturated heterocycles. The molecule has 0 aliphatic heterocycles. The molecule has 0 spiro atoms. The largest absolute Gasteiger partial charge is 0.460 e. The molecule has 3 nitrogen and oxygen atoms in total. The lowest BCUT2D eigenvalue weighted by molar-refractivity contribution is -0.155. The van der Waals surface area contributed by atoms with Crippen LogP contribution in [0.15, 0.2) is 42.5 Å². The summed E-state index contributed by atoms with van der Waals surface area (Å²) in [6.07, 6.45) is 4.55. The number of carbonyl (C=O) groups excluding carboxylic acids is 1. The molecule has 1 atom stereocenters. The SMILES string of the molecule is C/C=C/[C@@H](CC(=O)OC(C)(C)C)N(Cc1ccccc1)[Si](C)(C)C. The van der Waals surface area contributed by atoms with Crippen molar-refractivity contribution in [2.45, 2.75) is 71.9 Å². The lowest BCUT2D eigenvalue weighted by Crippen LogP contribution is -2.51. The van der Waals surface area contributed by atoms with Crippen molar-refractivity contribution in [1.29, 1.82) is 0 Å². The van der Waals surface area contributed by atoms with E-state index in [1.54, 1.807) is 0 Å². The number of benzene rings is 1. The van der Waals surface area contributed by atoms with Gasteiger partial charge in [-0.15, -0.1) is 0 Å². The minimum Gasteiger partial charge on any atom is -0.460 e. The van der Waals surface area contributed by atoms with Gasteiger partial charge < -0.3 is 9.30 Å². The highest BCUT2D eigenvalue weighted by molar-refractivity contribution is 6.73. The Morgan fingerprint density at radius 1 is 1.21 bits per heavy atom. The lowest BCUT2D eigenvalue weighted by Gasteiger charge is -2.39. The number of hydrogen-bond donors (Lipinski definition) is 0. The zero-order chi connectivity index (χ0) is 18.4. The quantitative estimate of drug-likeness (QED) is 0.395. The molecule has 0 radical (unpaired) electrons. The molecule has 0 fully saturated rings. The second-order valence-corrected chi connectivity index (χ2v) is 13.1. The van der Waals surface area contributed by atoms with Gasteiger partial charge in [0.05, 0.1) is 6.42 Å². The number of carbonyl (C=O) groups is 1. The fraction of sp³-hybridized carbons (Fsp3) is 0.550. The summed E-state index contributed by atoms with van der Waals surface area (Å²) >= 11 is 0. The number of esters is 1. The van der Waals surface area contributed by atoms with Crippen molar-refractivity contribution < 1.29 is 9.53 Å². The zero-order valence-corrected chi connectivity index (χ0v) is 17.3. The molecule has 0 bridgehead atoms. The molecule has 1 aromatic carbocycles. The molecule has 0 aliphatic rings. The van der Waals surface area contributed by atoms with Crippen LogP contribution >= 0.6 is 0 Å².